The van der Waals surface area contributed by atoms with Gasteiger partial charge in [-0.15, -0.1) is 0 Å². The standard InChI is InChI=1S/C16H19F2NO4/c1-7(2)23-15-11-14(12(17)8(3)13(15)18)22-6-9-4-10(20)5-19(9)16(11)21/h7,9-10,20H,4-6H2,1-3H3/t9-,10+/m1/s1. The fraction of sp³-hybridized carbons (Fsp3) is 0.562. The second-order valence-electron chi connectivity index (χ2n) is 6.26. The number of halogens is 2. The van der Waals surface area contributed by atoms with Crippen molar-refractivity contribution in [3.63, 3.8) is 0 Å². The number of rotatable bonds is 2. The fourth-order valence-electron chi connectivity index (χ4n) is 3.06. The number of fused-ring (bicyclic) bond motifs is 2. The van der Waals surface area contributed by atoms with E-state index < -0.39 is 29.7 Å². The number of carbonyl (C=O) groups excluding carboxylic acids is 1. The van der Waals surface area contributed by atoms with Crippen LogP contribution < -0.4 is 9.47 Å². The monoisotopic (exact) mass is 327 g/mol. The molecular weight excluding hydrogens is 308 g/mol. The minimum absolute atomic E-state index is 0.0545. The first kappa shape index (κ1) is 16.0. The normalized spacial score (nSPS) is 23.4. The Morgan fingerprint density at radius 1 is 1.35 bits per heavy atom. The summed E-state index contributed by atoms with van der Waals surface area (Å²) >= 11 is 0. The molecular formula is C16H19F2NO4. The lowest BCUT2D eigenvalue weighted by Crippen LogP contribution is -2.37. The zero-order valence-corrected chi connectivity index (χ0v) is 13.2. The number of carbonyl (C=O) groups is 1. The molecule has 0 saturated carbocycles. The Morgan fingerprint density at radius 2 is 2.04 bits per heavy atom. The van der Waals surface area contributed by atoms with Crippen molar-refractivity contribution in [1.82, 2.24) is 4.90 Å². The molecule has 0 bridgehead atoms. The van der Waals surface area contributed by atoms with Crippen LogP contribution >= 0.6 is 0 Å². The maximum Gasteiger partial charge on any atom is 0.262 e. The number of ether oxygens (including phenoxy) is 2. The summed E-state index contributed by atoms with van der Waals surface area (Å²) in [5.41, 5.74) is -0.481. The average Bonchev–Trinajstić information content (AvgIpc) is 2.80. The summed E-state index contributed by atoms with van der Waals surface area (Å²) in [6.45, 7) is 4.83. The van der Waals surface area contributed by atoms with Crippen molar-refractivity contribution in [1.29, 1.82) is 0 Å². The maximum atomic E-state index is 14.5. The van der Waals surface area contributed by atoms with Crippen molar-refractivity contribution in [3.05, 3.63) is 22.8 Å². The molecule has 2 aliphatic heterocycles. The molecule has 0 aliphatic carbocycles. The van der Waals surface area contributed by atoms with E-state index >= 15 is 0 Å². The summed E-state index contributed by atoms with van der Waals surface area (Å²) in [6.07, 6.45) is -0.707. The van der Waals surface area contributed by atoms with Crippen LogP contribution in [0.25, 0.3) is 0 Å². The Labute approximate surface area is 132 Å². The number of aliphatic hydroxyl groups is 1. The molecule has 0 radical (unpaired) electrons. The smallest absolute Gasteiger partial charge is 0.262 e. The van der Waals surface area contributed by atoms with Crippen LogP contribution in [0.4, 0.5) is 8.78 Å². The van der Waals surface area contributed by atoms with Gasteiger partial charge in [-0.2, -0.15) is 0 Å². The highest BCUT2D eigenvalue weighted by atomic mass is 19.1. The van der Waals surface area contributed by atoms with E-state index in [2.05, 4.69) is 0 Å². The molecule has 126 valence electrons. The van der Waals surface area contributed by atoms with Crippen molar-refractivity contribution in [2.24, 2.45) is 0 Å². The van der Waals surface area contributed by atoms with Crippen molar-refractivity contribution in [3.8, 4) is 11.5 Å². The van der Waals surface area contributed by atoms with Crippen LogP contribution in [0.5, 0.6) is 11.5 Å². The molecule has 2 aliphatic rings. The highest BCUT2D eigenvalue weighted by Crippen LogP contribution is 2.41. The van der Waals surface area contributed by atoms with Gasteiger partial charge < -0.3 is 19.5 Å². The van der Waals surface area contributed by atoms with E-state index in [4.69, 9.17) is 9.47 Å². The lowest BCUT2D eigenvalue weighted by molar-refractivity contribution is 0.0704. The van der Waals surface area contributed by atoms with Gasteiger partial charge in [0.15, 0.2) is 23.1 Å². The number of aliphatic hydroxyl groups excluding tert-OH is 1. The Hall–Kier alpha value is -1.89. The predicted octanol–water partition coefficient (Wildman–Crippen LogP) is 2.03. The molecule has 1 N–H and O–H groups in total. The minimum Gasteiger partial charge on any atom is -0.487 e. The van der Waals surface area contributed by atoms with E-state index in [0.717, 1.165) is 0 Å². The molecule has 1 fully saturated rings. The molecule has 2 heterocycles. The van der Waals surface area contributed by atoms with Gasteiger partial charge in [-0.3, -0.25) is 4.79 Å². The van der Waals surface area contributed by atoms with Crippen LogP contribution in [0.3, 0.4) is 0 Å². The van der Waals surface area contributed by atoms with Crippen LogP contribution in [-0.4, -0.2) is 47.3 Å². The number of hydrogen-bond acceptors (Lipinski definition) is 4. The second kappa shape index (κ2) is 5.63. The van der Waals surface area contributed by atoms with Crippen molar-refractivity contribution < 1.29 is 28.2 Å². The minimum atomic E-state index is -0.898. The molecule has 2 atom stereocenters. The van der Waals surface area contributed by atoms with Crippen LogP contribution in [0, 0.1) is 18.6 Å². The number of benzene rings is 1. The summed E-state index contributed by atoms with van der Waals surface area (Å²) in [7, 11) is 0. The molecule has 0 unspecified atom stereocenters. The third kappa shape index (κ3) is 2.52. The van der Waals surface area contributed by atoms with Gasteiger partial charge >= 0.3 is 0 Å². The summed E-state index contributed by atoms with van der Waals surface area (Å²) in [5, 5.41) is 9.76. The molecule has 1 amide bonds. The summed E-state index contributed by atoms with van der Waals surface area (Å²) in [5.74, 6) is -2.92. The third-order valence-electron chi connectivity index (χ3n) is 4.15. The predicted molar refractivity (Wildman–Crippen MR) is 77.8 cm³/mol. The van der Waals surface area contributed by atoms with E-state index in [-0.39, 0.29) is 41.8 Å². The van der Waals surface area contributed by atoms with Crippen molar-refractivity contribution in [2.45, 2.75) is 45.4 Å². The van der Waals surface area contributed by atoms with Gasteiger partial charge in [0.1, 0.15) is 12.2 Å². The van der Waals surface area contributed by atoms with Crippen molar-refractivity contribution in [2.75, 3.05) is 13.2 Å². The highest BCUT2D eigenvalue weighted by molar-refractivity contribution is 6.00. The maximum absolute atomic E-state index is 14.5. The van der Waals surface area contributed by atoms with Crippen LogP contribution in [0.1, 0.15) is 36.2 Å². The molecule has 1 aromatic carbocycles. The molecule has 7 heteroatoms. The first-order valence-corrected chi connectivity index (χ1v) is 7.61. The Bertz CT molecular complexity index is 662. The third-order valence-corrected chi connectivity index (χ3v) is 4.15. The van der Waals surface area contributed by atoms with Gasteiger partial charge in [0.2, 0.25) is 0 Å². The molecule has 1 saturated heterocycles. The van der Waals surface area contributed by atoms with E-state index in [1.165, 1.54) is 11.8 Å². The first-order valence-electron chi connectivity index (χ1n) is 7.61. The second-order valence-corrected chi connectivity index (χ2v) is 6.26. The lowest BCUT2D eigenvalue weighted by atomic mass is 10.1. The van der Waals surface area contributed by atoms with Crippen LogP contribution in [-0.2, 0) is 0 Å². The number of nitrogens with zero attached hydrogens (tertiary/aromatic N) is 1. The van der Waals surface area contributed by atoms with E-state index in [1.807, 2.05) is 0 Å². The quantitative estimate of drug-likeness (QED) is 0.903. The fourth-order valence-corrected chi connectivity index (χ4v) is 3.06. The van der Waals surface area contributed by atoms with E-state index in [0.29, 0.717) is 6.42 Å². The van der Waals surface area contributed by atoms with Gasteiger partial charge in [-0.05, 0) is 27.2 Å². The Balaban J connectivity index is 2.18. The topological polar surface area (TPSA) is 59.0 Å². The largest absolute Gasteiger partial charge is 0.487 e. The highest BCUT2D eigenvalue weighted by Gasteiger charge is 2.42. The van der Waals surface area contributed by atoms with Gasteiger partial charge in [-0.25, -0.2) is 8.78 Å². The first-order chi connectivity index (χ1) is 10.8. The SMILES string of the molecule is Cc1c(F)c2c(c(OC(C)C)c1F)C(=O)N1C[C@@H](O)C[C@@H]1CO2. The van der Waals surface area contributed by atoms with E-state index in [9.17, 15) is 18.7 Å². The van der Waals surface area contributed by atoms with Gasteiger partial charge in [-0.1, -0.05) is 0 Å². The number of amides is 1. The zero-order chi connectivity index (χ0) is 16.9. The van der Waals surface area contributed by atoms with Gasteiger partial charge in [0, 0.05) is 12.1 Å². The number of hydrogen-bond donors (Lipinski definition) is 1. The average molecular weight is 327 g/mol. The molecule has 0 aromatic heterocycles. The molecule has 0 spiro atoms. The molecule has 5 nitrogen and oxygen atoms in total. The van der Waals surface area contributed by atoms with Crippen molar-refractivity contribution >= 4 is 5.91 Å². The summed E-state index contributed by atoms with van der Waals surface area (Å²) in [6, 6.07) is -0.362. The van der Waals surface area contributed by atoms with Gasteiger partial charge in [0.25, 0.3) is 5.91 Å². The van der Waals surface area contributed by atoms with Crippen LogP contribution in [0.2, 0.25) is 0 Å². The molecule has 3 rings (SSSR count). The zero-order valence-electron chi connectivity index (χ0n) is 13.2. The Morgan fingerprint density at radius 3 is 2.70 bits per heavy atom. The Kier molecular flexibility index (Phi) is 3.91. The van der Waals surface area contributed by atoms with E-state index in [1.54, 1.807) is 13.8 Å². The summed E-state index contributed by atoms with van der Waals surface area (Å²) < 4.78 is 39.8. The summed E-state index contributed by atoms with van der Waals surface area (Å²) in [4.78, 5) is 14.2. The lowest BCUT2D eigenvalue weighted by Gasteiger charge is -2.22. The van der Waals surface area contributed by atoms with Gasteiger partial charge in [0.05, 0.1) is 18.2 Å². The molecule has 23 heavy (non-hydrogen) atoms. The molecule has 1 aromatic rings. The van der Waals surface area contributed by atoms with Crippen LogP contribution in [0.15, 0.2) is 0 Å².